The van der Waals surface area contributed by atoms with Gasteiger partial charge in [-0.2, -0.15) is 0 Å². The van der Waals surface area contributed by atoms with Gasteiger partial charge in [0.2, 0.25) is 0 Å². The van der Waals surface area contributed by atoms with Gasteiger partial charge in [0.15, 0.2) is 0 Å². The summed E-state index contributed by atoms with van der Waals surface area (Å²) in [5.41, 5.74) is 1.79. The van der Waals surface area contributed by atoms with Crippen LogP contribution in [0, 0.1) is 0 Å². The smallest absolute Gasteiger partial charge is 0.109 e. The molecule has 0 amide bonds. The van der Waals surface area contributed by atoms with Gasteiger partial charge in [-0.25, -0.2) is 0 Å². The number of aromatic nitrogens is 1. The molecular weight excluding hydrogens is 332 g/mol. The number of aliphatic hydroxyl groups excluding tert-OH is 2. The summed E-state index contributed by atoms with van der Waals surface area (Å²) in [7, 11) is 0. The van der Waals surface area contributed by atoms with Crippen LogP contribution in [0.3, 0.4) is 0 Å². The van der Waals surface area contributed by atoms with E-state index in [-0.39, 0.29) is 6.61 Å². The lowest BCUT2D eigenvalue weighted by Crippen LogP contribution is -2.31. The number of rotatable bonds is 7. The molecule has 2 rings (SSSR count). The summed E-state index contributed by atoms with van der Waals surface area (Å²) < 4.78 is 0.884. The summed E-state index contributed by atoms with van der Waals surface area (Å²) in [6.45, 7) is 1.70. The molecule has 0 saturated carbocycles. The number of aliphatic hydroxyl groups is 2. The Hall–Kier alpha value is -1.27. The van der Waals surface area contributed by atoms with E-state index >= 15 is 0 Å². The average molecular weight is 351 g/mol. The normalized spacial score (nSPS) is 12.6. The fourth-order valence-electron chi connectivity index (χ4n) is 2.14. The molecule has 5 heteroatoms. The first-order valence-electron chi connectivity index (χ1n) is 6.85. The van der Waals surface area contributed by atoms with Crippen molar-refractivity contribution >= 4 is 15.9 Å². The average Bonchev–Trinajstić information content (AvgIpc) is 2.49. The molecule has 0 bridgehead atoms. The lowest BCUT2D eigenvalue weighted by Gasteiger charge is -2.24. The summed E-state index contributed by atoms with van der Waals surface area (Å²) >= 11 is 3.33. The van der Waals surface area contributed by atoms with Gasteiger partial charge in [0.25, 0.3) is 0 Å². The van der Waals surface area contributed by atoms with Crippen LogP contribution in [0.1, 0.15) is 17.4 Å². The maximum Gasteiger partial charge on any atom is 0.109 e. The lowest BCUT2D eigenvalue weighted by atomic mass is 10.1. The van der Waals surface area contributed by atoms with Crippen LogP contribution in [0.25, 0.3) is 0 Å². The molecule has 1 aromatic carbocycles. The molecule has 0 saturated heterocycles. The second-order valence-electron chi connectivity index (χ2n) is 4.86. The Bertz CT molecular complexity index is 534. The highest BCUT2D eigenvalue weighted by Crippen LogP contribution is 2.16. The maximum absolute atomic E-state index is 10.3. The van der Waals surface area contributed by atoms with E-state index in [2.05, 4.69) is 20.9 Å². The number of hydrogen-bond acceptors (Lipinski definition) is 4. The third kappa shape index (κ3) is 5.21. The van der Waals surface area contributed by atoms with Crippen LogP contribution in [0.2, 0.25) is 0 Å². The van der Waals surface area contributed by atoms with E-state index in [1.54, 1.807) is 12.3 Å². The van der Waals surface area contributed by atoms with Crippen molar-refractivity contribution in [2.24, 2.45) is 0 Å². The monoisotopic (exact) mass is 350 g/mol. The Morgan fingerprint density at radius 2 is 1.90 bits per heavy atom. The van der Waals surface area contributed by atoms with E-state index in [1.165, 1.54) is 0 Å². The van der Waals surface area contributed by atoms with Crippen molar-refractivity contribution in [1.29, 1.82) is 0 Å². The van der Waals surface area contributed by atoms with Crippen molar-refractivity contribution < 1.29 is 10.2 Å². The van der Waals surface area contributed by atoms with Crippen LogP contribution in [0.4, 0.5) is 0 Å². The van der Waals surface area contributed by atoms with E-state index in [1.807, 2.05) is 41.3 Å². The predicted molar refractivity (Wildman–Crippen MR) is 85.7 cm³/mol. The van der Waals surface area contributed by atoms with Gasteiger partial charge in [0.1, 0.15) is 6.10 Å². The van der Waals surface area contributed by atoms with Crippen LogP contribution < -0.4 is 0 Å². The summed E-state index contributed by atoms with van der Waals surface area (Å²) in [5, 5.41) is 19.5. The summed E-state index contributed by atoms with van der Waals surface area (Å²) in [5.74, 6) is 0. The number of nitrogens with zero attached hydrogens (tertiary/aromatic N) is 2. The number of hydrogen-bond donors (Lipinski definition) is 2. The SMILES string of the molecule is OCCN(Cc1ccccc1)CC(O)c1ccc(Br)cn1. The van der Waals surface area contributed by atoms with E-state index < -0.39 is 6.10 Å². The molecule has 1 atom stereocenters. The highest BCUT2D eigenvalue weighted by atomic mass is 79.9. The molecule has 0 aliphatic carbocycles. The standard InChI is InChI=1S/C16H19BrN2O2/c17-14-6-7-15(18-10-14)16(21)12-19(8-9-20)11-13-4-2-1-3-5-13/h1-7,10,16,20-21H,8-9,11-12H2. The van der Waals surface area contributed by atoms with Gasteiger partial charge < -0.3 is 10.2 Å². The number of pyridine rings is 1. The Morgan fingerprint density at radius 3 is 2.52 bits per heavy atom. The fourth-order valence-corrected chi connectivity index (χ4v) is 2.37. The van der Waals surface area contributed by atoms with Gasteiger partial charge in [0.05, 0.1) is 12.3 Å². The third-order valence-corrected chi connectivity index (χ3v) is 3.66. The predicted octanol–water partition coefficient (Wildman–Crippen LogP) is 2.37. The molecule has 1 heterocycles. The molecule has 0 aliphatic rings. The molecular formula is C16H19BrN2O2. The largest absolute Gasteiger partial charge is 0.395 e. The minimum absolute atomic E-state index is 0.0628. The lowest BCUT2D eigenvalue weighted by molar-refractivity contribution is 0.0929. The third-order valence-electron chi connectivity index (χ3n) is 3.19. The highest BCUT2D eigenvalue weighted by Gasteiger charge is 2.14. The minimum atomic E-state index is -0.673. The molecule has 2 aromatic rings. The number of halogens is 1. The molecule has 0 aliphatic heterocycles. The molecule has 21 heavy (non-hydrogen) atoms. The van der Waals surface area contributed by atoms with Crippen molar-refractivity contribution in [2.75, 3.05) is 19.7 Å². The molecule has 0 radical (unpaired) electrons. The first-order valence-corrected chi connectivity index (χ1v) is 7.65. The van der Waals surface area contributed by atoms with E-state index in [0.717, 1.165) is 10.0 Å². The molecule has 0 spiro atoms. The zero-order valence-electron chi connectivity index (χ0n) is 11.7. The van der Waals surface area contributed by atoms with Crippen LogP contribution in [0.5, 0.6) is 0 Å². The van der Waals surface area contributed by atoms with Gasteiger partial charge >= 0.3 is 0 Å². The zero-order valence-corrected chi connectivity index (χ0v) is 13.3. The highest BCUT2D eigenvalue weighted by molar-refractivity contribution is 9.10. The van der Waals surface area contributed by atoms with Crippen molar-refractivity contribution in [3.63, 3.8) is 0 Å². The van der Waals surface area contributed by atoms with Crippen LogP contribution >= 0.6 is 15.9 Å². The molecule has 112 valence electrons. The quantitative estimate of drug-likeness (QED) is 0.804. The summed E-state index contributed by atoms with van der Waals surface area (Å²) in [6.07, 6.45) is 1.000. The molecule has 4 nitrogen and oxygen atoms in total. The Morgan fingerprint density at radius 1 is 1.14 bits per heavy atom. The van der Waals surface area contributed by atoms with Crippen LogP contribution in [-0.4, -0.2) is 39.8 Å². The Balaban J connectivity index is 2.00. The molecule has 1 aromatic heterocycles. The van der Waals surface area contributed by atoms with Gasteiger partial charge in [-0.3, -0.25) is 9.88 Å². The first kappa shape index (κ1) is 16.1. The van der Waals surface area contributed by atoms with E-state index in [4.69, 9.17) is 0 Å². The Kier molecular flexibility index (Phi) is 6.32. The second kappa shape index (κ2) is 8.24. The fraction of sp³-hybridized carbons (Fsp3) is 0.312. The van der Waals surface area contributed by atoms with Crippen molar-refractivity contribution in [2.45, 2.75) is 12.6 Å². The molecule has 1 unspecified atom stereocenters. The van der Waals surface area contributed by atoms with E-state index in [9.17, 15) is 10.2 Å². The van der Waals surface area contributed by atoms with E-state index in [0.29, 0.717) is 25.3 Å². The van der Waals surface area contributed by atoms with Gasteiger partial charge in [-0.1, -0.05) is 30.3 Å². The number of benzene rings is 1. The van der Waals surface area contributed by atoms with Crippen LogP contribution in [0.15, 0.2) is 53.1 Å². The van der Waals surface area contributed by atoms with Crippen molar-refractivity contribution in [3.05, 3.63) is 64.4 Å². The van der Waals surface area contributed by atoms with Gasteiger partial charge in [0, 0.05) is 30.3 Å². The maximum atomic E-state index is 10.3. The minimum Gasteiger partial charge on any atom is -0.395 e. The van der Waals surface area contributed by atoms with Crippen molar-refractivity contribution in [3.8, 4) is 0 Å². The Labute approximate surface area is 133 Å². The van der Waals surface area contributed by atoms with Gasteiger partial charge in [-0.15, -0.1) is 0 Å². The summed E-state index contributed by atoms with van der Waals surface area (Å²) in [4.78, 5) is 6.23. The molecule has 0 fully saturated rings. The molecule has 2 N–H and O–H groups in total. The topological polar surface area (TPSA) is 56.6 Å². The second-order valence-corrected chi connectivity index (χ2v) is 5.78. The van der Waals surface area contributed by atoms with Gasteiger partial charge in [-0.05, 0) is 33.6 Å². The van der Waals surface area contributed by atoms with Crippen LogP contribution in [-0.2, 0) is 6.54 Å². The first-order chi connectivity index (χ1) is 10.2. The zero-order chi connectivity index (χ0) is 15.1. The van der Waals surface area contributed by atoms with Crippen molar-refractivity contribution in [1.82, 2.24) is 9.88 Å². The summed E-state index contributed by atoms with van der Waals surface area (Å²) in [6, 6.07) is 13.7.